The molecule has 0 aliphatic rings. The Morgan fingerprint density at radius 2 is 2.20 bits per heavy atom. The van der Waals surface area contributed by atoms with Crippen molar-refractivity contribution in [3.05, 3.63) is 11.9 Å². The van der Waals surface area contributed by atoms with E-state index in [1.165, 1.54) is 0 Å². The van der Waals surface area contributed by atoms with Crippen molar-refractivity contribution in [2.75, 3.05) is 0 Å². The van der Waals surface area contributed by atoms with Gasteiger partial charge in [0.25, 0.3) is 0 Å². The van der Waals surface area contributed by atoms with Crippen molar-refractivity contribution in [2.45, 2.75) is 51.8 Å². The summed E-state index contributed by atoms with van der Waals surface area (Å²) in [6.07, 6.45) is 3.31. The highest BCUT2D eigenvalue weighted by molar-refractivity contribution is 5.00. The summed E-state index contributed by atoms with van der Waals surface area (Å²) in [7, 11) is 0. The summed E-state index contributed by atoms with van der Waals surface area (Å²) >= 11 is 0. The molecule has 0 amide bonds. The van der Waals surface area contributed by atoms with Crippen molar-refractivity contribution in [3.63, 3.8) is 0 Å². The third kappa shape index (κ3) is 3.00. The minimum atomic E-state index is -0.443. The van der Waals surface area contributed by atoms with Gasteiger partial charge in [0.2, 0.25) is 0 Å². The second kappa shape index (κ2) is 5.23. The molecule has 5 heteroatoms. The number of hydrogen-bond acceptors (Lipinski definition) is 4. The van der Waals surface area contributed by atoms with E-state index < -0.39 is 6.10 Å². The summed E-state index contributed by atoms with van der Waals surface area (Å²) in [6.45, 7) is 5.72. The molecule has 1 rings (SSSR count). The van der Waals surface area contributed by atoms with Crippen LogP contribution in [0.2, 0.25) is 0 Å². The van der Waals surface area contributed by atoms with Gasteiger partial charge in [0.1, 0.15) is 0 Å². The summed E-state index contributed by atoms with van der Waals surface area (Å²) in [5, 5.41) is 17.4. The molecule has 3 atom stereocenters. The zero-order valence-electron chi connectivity index (χ0n) is 9.59. The van der Waals surface area contributed by atoms with Crippen LogP contribution in [0.3, 0.4) is 0 Å². The first-order valence-corrected chi connectivity index (χ1v) is 5.41. The normalized spacial score (nSPS) is 17.4. The van der Waals surface area contributed by atoms with E-state index >= 15 is 0 Å². The van der Waals surface area contributed by atoms with Gasteiger partial charge in [0.05, 0.1) is 30.1 Å². The predicted octanol–water partition coefficient (Wildman–Crippen LogP) is 1.02. The highest BCUT2D eigenvalue weighted by Crippen LogP contribution is 2.15. The van der Waals surface area contributed by atoms with Gasteiger partial charge in [0, 0.05) is 0 Å². The van der Waals surface area contributed by atoms with Crippen molar-refractivity contribution in [1.29, 1.82) is 0 Å². The van der Waals surface area contributed by atoms with Gasteiger partial charge in [0.15, 0.2) is 0 Å². The van der Waals surface area contributed by atoms with Crippen LogP contribution < -0.4 is 5.73 Å². The van der Waals surface area contributed by atoms with E-state index in [-0.39, 0.29) is 12.1 Å². The van der Waals surface area contributed by atoms with Gasteiger partial charge in [-0.25, -0.2) is 4.68 Å². The van der Waals surface area contributed by atoms with Crippen LogP contribution in [-0.4, -0.2) is 26.2 Å². The summed E-state index contributed by atoms with van der Waals surface area (Å²) in [5.41, 5.74) is 6.71. The molecule has 0 aromatic carbocycles. The summed E-state index contributed by atoms with van der Waals surface area (Å²) in [5.74, 6) is 0. The van der Waals surface area contributed by atoms with Crippen molar-refractivity contribution >= 4 is 0 Å². The molecule has 0 saturated heterocycles. The average molecular weight is 212 g/mol. The maximum absolute atomic E-state index is 9.41. The Labute approximate surface area is 90.3 Å². The Balaban J connectivity index is 2.71. The molecule has 0 fully saturated rings. The summed E-state index contributed by atoms with van der Waals surface area (Å²) in [6, 6.07) is -0.120. The lowest BCUT2D eigenvalue weighted by Gasteiger charge is -2.13. The predicted molar refractivity (Wildman–Crippen MR) is 58.3 cm³/mol. The van der Waals surface area contributed by atoms with Gasteiger partial charge in [-0.2, -0.15) is 0 Å². The smallest absolute Gasteiger partial charge is 0.0994 e. The monoisotopic (exact) mass is 212 g/mol. The van der Waals surface area contributed by atoms with Crippen molar-refractivity contribution in [1.82, 2.24) is 15.0 Å². The molecule has 15 heavy (non-hydrogen) atoms. The minimum Gasteiger partial charge on any atom is -0.391 e. The van der Waals surface area contributed by atoms with E-state index in [0.29, 0.717) is 0 Å². The molecule has 3 N–H and O–H groups in total. The largest absolute Gasteiger partial charge is 0.391 e. The molecule has 3 unspecified atom stereocenters. The SMILES string of the molecule is CCCC(N)c1cn(C(C)C(C)O)nn1. The molecule has 1 heterocycles. The lowest BCUT2D eigenvalue weighted by atomic mass is 10.1. The number of aliphatic hydroxyl groups is 1. The first-order chi connectivity index (χ1) is 7.06. The van der Waals surface area contributed by atoms with Gasteiger partial charge >= 0.3 is 0 Å². The van der Waals surface area contributed by atoms with Gasteiger partial charge < -0.3 is 10.8 Å². The molecular weight excluding hydrogens is 192 g/mol. The summed E-state index contributed by atoms with van der Waals surface area (Å²) < 4.78 is 1.66. The van der Waals surface area contributed by atoms with Crippen molar-refractivity contribution in [2.24, 2.45) is 5.73 Å². The van der Waals surface area contributed by atoms with E-state index in [4.69, 9.17) is 5.73 Å². The van der Waals surface area contributed by atoms with E-state index in [0.717, 1.165) is 18.5 Å². The number of nitrogens with two attached hydrogens (primary N) is 1. The van der Waals surface area contributed by atoms with Crippen LogP contribution in [0.15, 0.2) is 6.20 Å². The van der Waals surface area contributed by atoms with Crippen LogP contribution in [0.1, 0.15) is 51.4 Å². The lowest BCUT2D eigenvalue weighted by molar-refractivity contribution is 0.131. The second-order valence-electron chi connectivity index (χ2n) is 4.00. The second-order valence-corrected chi connectivity index (χ2v) is 4.00. The van der Waals surface area contributed by atoms with Gasteiger partial charge in [-0.05, 0) is 20.3 Å². The van der Waals surface area contributed by atoms with Gasteiger partial charge in [-0.1, -0.05) is 18.6 Å². The highest BCUT2D eigenvalue weighted by Gasteiger charge is 2.15. The molecule has 0 aliphatic heterocycles. The molecule has 0 radical (unpaired) electrons. The average Bonchev–Trinajstić information content (AvgIpc) is 2.65. The fraction of sp³-hybridized carbons (Fsp3) is 0.800. The molecule has 5 nitrogen and oxygen atoms in total. The number of nitrogens with zero attached hydrogens (tertiary/aromatic N) is 3. The molecule has 0 bridgehead atoms. The zero-order valence-corrected chi connectivity index (χ0v) is 9.59. The van der Waals surface area contributed by atoms with Crippen LogP contribution in [0.25, 0.3) is 0 Å². The minimum absolute atomic E-state index is 0.0510. The Morgan fingerprint density at radius 1 is 1.53 bits per heavy atom. The van der Waals surface area contributed by atoms with Gasteiger partial charge in [-0.15, -0.1) is 5.10 Å². The molecule has 0 saturated carbocycles. The molecule has 1 aromatic heterocycles. The zero-order chi connectivity index (χ0) is 11.4. The van der Waals surface area contributed by atoms with E-state index in [1.807, 2.05) is 13.1 Å². The van der Waals surface area contributed by atoms with Crippen LogP contribution in [0, 0.1) is 0 Å². The quantitative estimate of drug-likeness (QED) is 0.764. The van der Waals surface area contributed by atoms with Crippen LogP contribution in [0.4, 0.5) is 0 Å². The molecule has 0 aliphatic carbocycles. The van der Waals surface area contributed by atoms with Crippen molar-refractivity contribution < 1.29 is 5.11 Å². The standard InChI is InChI=1S/C10H20N4O/c1-4-5-9(11)10-6-14(13-12-10)7(2)8(3)15/h6-9,15H,4-5,11H2,1-3H3. The fourth-order valence-electron chi connectivity index (χ4n) is 1.34. The highest BCUT2D eigenvalue weighted by atomic mass is 16.3. The molecule has 1 aromatic rings. The maximum atomic E-state index is 9.41. The van der Waals surface area contributed by atoms with E-state index in [2.05, 4.69) is 17.2 Å². The van der Waals surface area contributed by atoms with E-state index in [9.17, 15) is 5.11 Å². The van der Waals surface area contributed by atoms with Gasteiger partial charge in [-0.3, -0.25) is 0 Å². The number of hydrogen-bond donors (Lipinski definition) is 2. The Bertz CT molecular complexity index is 297. The molecule has 86 valence electrons. The van der Waals surface area contributed by atoms with Crippen molar-refractivity contribution in [3.8, 4) is 0 Å². The molecular formula is C10H20N4O. The maximum Gasteiger partial charge on any atom is 0.0994 e. The Kier molecular flexibility index (Phi) is 4.23. The third-order valence-electron chi connectivity index (χ3n) is 2.62. The molecule has 0 spiro atoms. The van der Waals surface area contributed by atoms with Crippen LogP contribution in [0.5, 0.6) is 0 Å². The first-order valence-electron chi connectivity index (χ1n) is 5.41. The Morgan fingerprint density at radius 3 is 2.73 bits per heavy atom. The number of aliphatic hydroxyl groups excluding tert-OH is 1. The topological polar surface area (TPSA) is 77.0 Å². The lowest BCUT2D eigenvalue weighted by Crippen LogP contribution is -2.18. The number of aromatic nitrogens is 3. The fourth-order valence-corrected chi connectivity index (χ4v) is 1.34. The first kappa shape index (κ1) is 12.1. The van der Waals surface area contributed by atoms with E-state index in [1.54, 1.807) is 11.6 Å². The van der Waals surface area contributed by atoms with Crippen LogP contribution >= 0.6 is 0 Å². The Hall–Kier alpha value is -0.940. The third-order valence-corrected chi connectivity index (χ3v) is 2.62. The number of rotatable bonds is 5. The van der Waals surface area contributed by atoms with Crippen LogP contribution in [-0.2, 0) is 0 Å². The summed E-state index contributed by atoms with van der Waals surface area (Å²) in [4.78, 5) is 0.